The lowest BCUT2D eigenvalue weighted by Crippen LogP contribution is -2.51. The number of anilines is 1. The van der Waals surface area contributed by atoms with Gasteiger partial charge in [-0.05, 0) is 23.8 Å². The van der Waals surface area contributed by atoms with E-state index in [1.165, 1.54) is 11.0 Å². The third-order valence-electron chi connectivity index (χ3n) is 5.00. The van der Waals surface area contributed by atoms with Crippen LogP contribution in [-0.4, -0.2) is 19.1 Å². The van der Waals surface area contributed by atoms with Crippen molar-refractivity contribution in [2.75, 3.05) is 18.1 Å². The molecule has 0 atom stereocenters. The Labute approximate surface area is 160 Å². The van der Waals surface area contributed by atoms with Gasteiger partial charge in [-0.2, -0.15) is 13.2 Å². The molecule has 0 aliphatic carbocycles. The minimum Gasteiger partial charge on any atom is -0.338 e. The fourth-order valence-corrected chi connectivity index (χ4v) is 3.53. The summed E-state index contributed by atoms with van der Waals surface area (Å²) in [4.78, 5) is 14.7. The normalized spacial score (nSPS) is 20.5. The van der Waals surface area contributed by atoms with Crippen molar-refractivity contribution < 1.29 is 27.4 Å². The standard InChI is InChI=1S/C21H20F3NO3/c1-19(2)12-27-20(28-13-19)16-8-3-4-9-17(16)25(18(20)26)11-14-6-5-7-15(10-14)21(22,23)24/h3-10H,11-13H2,1-2H3. The summed E-state index contributed by atoms with van der Waals surface area (Å²) in [7, 11) is 0. The maximum atomic E-state index is 13.3. The lowest BCUT2D eigenvalue weighted by atomic mass is 9.93. The van der Waals surface area contributed by atoms with E-state index >= 15 is 0 Å². The van der Waals surface area contributed by atoms with Crippen molar-refractivity contribution in [2.24, 2.45) is 5.41 Å². The number of hydrogen-bond acceptors (Lipinski definition) is 3. The average Bonchev–Trinajstić information content (AvgIpc) is 2.87. The van der Waals surface area contributed by atoms with Gasteiger partial charge in [-0.3, -0.25) is 4.79 Å². The summed E-state index contributed by atoms with van der Waals surface area (Å²) in [6, 6.07) is 12.1. The Hall–Kier alpha value is -2.38. The van der Waals surface area contributed by atoms with Gasteiger partial charge in [0.2, 0.25) is 0 Å². The van der Waals surface area contributed by atoms with Crippen molar-refractivity contribution in [3.8, 4) is 0 Å². The van der Waals surface area contributed by atoms with Crippen molar-refractivity contribution in [3.05, 3.63) is 65.2 Å². The molecule has 1 amide bonds. The highest BCUT2D eigenvalue weighted by molar-refractivity contribution is 6.06. The first kappa shape index (κ1) is 19.0. The first-order valence-electron chi connectivity index (χ1n) is 8.98. The Morgan fingerprint density at radius 3 is 2.39 bits per heavy atom. The van der Waals surface area contributed by atoms with E-state index in [1.54, 1.807) is 30.3 Å². The van der Waals surface area contributed by atoms with E-state index in [1.807, 2.05) is 13.8 Å². The lowest BCUT2D eigenvalue weighted by molar-refractivity contribution is -0.286. The maximum absolute atomic E-state index is 13.3. The molecule has 1 saturated heterocycles. The van der Waals surface area contributed by atoms with Crippen LogP contribution in [0.2, 0.25) is 0 Å². The van der Waals surface area contributed by atoms with E-state index in [4.69, 9.17) is 9.47 Å². The highest BCUT2D eigenvalue weighted by Crippen LogP contribution is 2.47. The van der Waals surface area contributed by atoms with Crippen LogP contribution in [0.25, 0.3) is 0 Å². The van der Waals surface area contributed by atoms with Gasteiger partial charge in [0, 0.05) is 11.0 Å². The first-order valence-corrected chi connectivity index (χ1v) is 8.98. The molecular weight excluding hydrogens is 371 g/mol. The van der Waals surface area contributed by atoms with Gasteiger partial charge >= 0.3 is 6.18 Å². The molecule has 2 aromatic rings. The molecule has 1 spiro atoms. The smallest absolute Gasteiger partial charge is 0.338 e. The van der Waals surface area contributed by atoms with Crippen LogP contribution >= 0.6 is 0 Å². The number of fused-ring (bicyclic) bond motifs is 2. The summed E-state index contributed by atoms with van der Waals surface area (Å²) in [5, 5.41) is 0. The fraction of sp³-hybridized carbons (Fsp3) is 0.381. The van der Waals surface area contributed by atoms with E-state index in [9.17, 15) is 18.0 Å². The molecule has 2 aliphatic rings. The minimum absolute atomic E-state index is 0.00235. The van der Waals surface area contributed by atoms with Gasteiger partial charge in [0.1, 0.15) is 0 Å². The molecule has 2 aromatic carbocycles. The Kier molecular flexibility index (Phi) is 4.28. The molecule has 0 saturated carbocycles. The van der Waals surface area contributed by atoms with Gasteiger partial charge in [-0.25, -0.2) is 0 Å². The molecule has 1 fully saturated rings. The van der Waals surface area contributed by atoms with Crippen LogP contribution in [0.4, 0.5) is 18.9 Å². The molecule has 4 rings (SSSR count). The topological polar surface area (TPSA) is 38.8 Å². The van der Waals surface area contributed by atoms with Crippen LogP contribution in [0.5, 0.6) is 0 Å². The zero-order valence-electron chi connectivity index (χ0n) is 15.5. The molecule has 2 aliphatic heterocycles. The Morgan fingerprint density at radius 2 is 1.71 bits per heavy atom. The van der Waals surface area contributed by atoms with Gasteiger partial charge in [-0.1, -0.05) is 44.2 Å². The predicted octanol–water partition coefficient (Wildman–Crippen LogP) is 4.48. The van der Waals surface area contributed by atoms with Crippen molar-refractivity contribution in [3.63, 3.8) is 0 Å². The zero-order chi connectivity index (χ0) is 20.2. The zero-order valence-corrected chi connectivity index (χ0v) is 15.5. The van der Waals surface area contributed by atoms with Crippen LogP contribution in [0.1, 0.15) is 30.5 Å². The molecule has 0 bridgehead atoms. The summed E-state index contributed by atoms with van der Waals surface area (Å²) >= 11 is 0. The summed E-state index contributed by atoms with van der Waals surface area (Å²) in [5.41, 5.74) is 0.583. The van der Waals surface area contributed by atoms with Crippen molar-refractivity contribution >= 4 is 11.6 Å². The predicted molar refractivity (Wildman–Crippen MR) is 96.4 cm³/mol. The fourth-order valence-electron chi connectivity index (χ4n) is 3.53. The SMILES string of the molecule is CC1(C)COC2(OC1)C(=O)N(Cc1cccc(C(F)(F)F)c1)c1ccccc12. The largest absolute Gasteiger partial charge is 0.416 e. The van der Waals surface area contributed by atoms with Crippen LogP contribution in [-0.2, 0) is 32.8 Å². The molecule has 0 aromatic heterocycles. The third-order valence-corrected chi connectivity index (χ3v) is 5.00. The monoisotopic (exact) mass is 391 g/mol. The maximum Gasteiger partial charge on any atom is 0.416 e. The number of carbonyl (C=O) groups is 1. The van der Waals surface area contributed by atoms with E-state index in [0.29, 0.717) is 30.0 Å². The highest BCUT2D eigenvalue weighted by Gasteiger charge is 2.56. The van der Waals surface area contributed by atoms with Crippen LogP contribution in [0.3, 0.4) is 0 Å². The Bertz CT molecular complexity index is 913. The molecule has 28 heavy (non-hydrogen) atoms. The summed E-state index contributed by atoms with van der Waals surface area (Å²) < 4.78 is 51.0. The Balaban J connectivity index is 1.69. The van der Waals surface area contributed by atoms with E-state index in [-0.39, 0.29) is 12.0 Å². The molecular formula is C21H20F3NO3. The molecule has 148 valence electrons. The number of alkyl halides is 3. The van der Waals surface area contributed by atoms with E-state index in [0.717, 1.165) is 12.1 Å². The number of carbonyl (C=O) groups excluding carboxylic acids is 1. The van der Waals surface area contributed by atoms with Gasteiger partial charge < -0.3 is 14.4 Å². The minimum atomic E-state index is -4.44. The molecule has 0 unspecified atom stereocenters. The van der Waals surface area contributed by atoms with Crippen LogP contribution < -0.4 is 4.90 Å². The second kappa shape index (κ2) is 6.32. The first-order chi connectivity index (χ1) is 13.1. The summed E-state index contributed by atoms with van der Waals surface area (Å²) in [6.07, 6.45) is -4.44. The van der Waals surface area contributed by atoms with Crippen molar-refractivity contribution in [1.29, 1.82) is 0 Å². The van der Waals surface area contributed by atoms with Crippen molar-refractivity contribution in [2.45, 2.75) is 32.4 Å². The number of benzene rings is 2. The van der Waals surface area contributed by atoms with Crippen LogP contribution in [0, 0.1) is 5.41 Å². The number of ether oxygens (including phenoxy) is 2. The number of rotatable bonds is 2. The number of para-hydroxylation sites is 1. The van der Waals surface area contributed by atoms with E-state index in [2.05, 4.69) is 0 Å². The van der Waals surface area contributed by atoms with Crippen LogP contribution in [0.15, 0.2) is 48.5 Å². The Morgan fingerprint density at radius 1 is 1.04 bits per heavy atom. The van der Waals surface area contributed by atoms with Gasteiger partial charge in [0.15, 0.2) is 0 Å². The van der Waals surface area contributed by atoms with Gasteiger partial charge in [0.25, 0.3) is 11.7 Å². The molecule has 0 radical (unpaired) electrons. The molecule has 7 heteroatoms. The number of nitrogens with zero attached hydrogens (tertiary/aromatic N) is 1. The van der Waals surface area contributed by atoms with Gasteiger partial charge in [0.05, 0.1) is 31.0 Å². The van der Waals surface area contributed by atoms with Gasteiger partial charge in [-0.15, -0.1) is 0 Å². The summed E-state index contributed by atoms with van der Waals surface area (Å²) in [6.45, 7) is 4.63. The second-order valence-corrected chi connectivity index (χ2v) is 7.96. The second-order valence-electron chi connectivity index (χ2n) is 7.96. The number of halogens is 3. The van der Waals surface area contributed by atoms with Crippen molar-refractivity contribution in [1.82, 2.24) is 0 Å². The third kappa shape index (κ3) is 3.08. The molecule has 2 heterocycles. The molecule has 4 nitrogen and oxygen atoms in total. The lowest BCUT2D eigenvalue weighted by Gasteiger charge is -2.40. The summed E-state index contributed by atoms with van der Waals surface area (Å²) in [5.74, 6) is -1.95. The number of amides is 1. The quantitative estimate of drug-likeness (QED) is 0.758. The highest BCUT2D eigenvalue weighted by atomic mass is 19.4. The van der Waals surface area contributed by atoms with E-state index < -0.39 is 23.4 Å². The number of hydrogen-bond donors (Lipinski definition) is 0. The molecule has 0 N–H and O–H groups in total. The average molecular weight is 391 g/mol.